The van der Waals surface area contributed by atoms with E-state index in [1.807, 2.05) is 44.3 Å². The van der Waals surface area contributed by atoms with Crippen LogP contribution in [0.1, 0.15) is 37.7 Å². The van der Waals surface area contributed by atoms with Crippen LogP contribution in [0.2, 0.25) is 23.3 Å². The summed E-state index contributed by atoms with van der Waals surface area (Å²) in [5.41, 5.74) is 1.89. The maximum atomic E-state index is 6.44. The number of ether oxygens (including phenoxy) is 1. The topological polar surface area (TPSA) is 47.5 Å². The zero-order chi connectivity index (χ0) is 21.7. The molecule has 0 radical (unpaired) electrons. The summed E-state index contributed by atoms with van der Waals surface area (Å²) in [6.45, 7) is 15.7. The summed E-state index contributed by atoms with van der Waals surface area (Å²) in [4.78, 5) is 11.0. The van der Waals surface area contributed by atoms with Crippen LogP contribution in [0.3, 0.4) is 0 Å². The fourth-order valence-electron chi connectivity index (χ4n) is 2.54. The Balaban J connectivity index is 2.01. The van der Waals surface area contributed by atoms with Crippen molar-refractivity contribution < 1.29 is 9.16 Å². The zero-order valence-corrected chi connectivity index (χ0v) is 20.5. The van der Waals surface area contributed by atoms with Crippen LogP contribution in [0.25, 0.3) is 0 Å². The lowest BCUT2D eigenvalue weighted by Gasteiger charge is -2.36. The van der Waals surface area contributed by atoms with Gasteiger partial charge in [0.15, 0.2) is 8.32 Å². The first-order chi connectivity index (χ1) is 13.5. The zero-order valence-electron chi connectivity index (χ0n) is 18.8. The maximum absolute atomic E-state index is 6.44. The van der Waals surface area contributed by atoms with Crippen molar-refractivity contribution >= 4 is 19.9 Å². The van der Waals surface area contributed by atoms with Crippen LogP contribution in [0.4, 0.5) is 0 Å². The smallest absolute Gasteiger partial charge is 0.223 e. The number of rotatable bonds is 9. The second-order valence-corrected chi connectivity index (χ2v) is 14.1. The van der Waals surface area contributed by atoms with E-state index in [4.69, 9.17) is 20.8 Å². The molecule has 0 spiro atoms. The van der Waals surface area contributed by atoms with Crippen molar-refractivity contribution in [3.05, 3.63) is 52.4 Å². The standard InChI is InChI=1S/C22H34ClN3O2Si/c1-17-24-20(23)19(21(25-17)27-16-18-11-9-8-10-12-18)15-26(5)13-14-28-29(6,7)22(2,3)4/h8-12H,13-16H2,1-7H3. The van der Waals surface area contributed by atoms with Crippen LogP contribution in [-0.4, -0.2) is 43.4 Å². The molecule has 160 valence electrons. The molecule has 29 heavy (non-hydrogen) atoms. The summed E-state index contributed by atoms with van der Waals surface area (Å²) in [6.07, 6.45) is 0. The second-order valence-electron chi connectivity index (χ2n) is 8.97. The predicted octanol–water partition coefficient (Wildman–Crippen LogP) is 5.47. The molecule has 0 bridgehead atoms. The number of aryl methyl sites for hydroxylation is 1. The summed E-state index contributed by atoms with van der Waals surface area (Å²) in [6, 6.07) is 10.0. The average molecular weight is 436 g/mol. The Morgan fingerprint density at radius 3 is 2.38 bits per heavy atom. The van der Waals surface area contributed by atoms with Crippen molar-refractivity contribution in [3.63, 3.8) is 0 Å². The maximum Gasteiger partial charge on any atom is 0.223 e. The molecule has 5 nitrogen and oxygen atoms in total. The van der Waals surface area contributed by atoms with Gasteiger partial charge in [-0.15, -0.1) is 0 Å². The van der Waals surface area contributed by atoms with E-state index in [1.165, 1.54) is 0 Å². The molecular formula is C22H34ClN3O2Si. The Morgan fingerprint density at radius 1 is 1.10 bits per heavy atom. The van der Waals surface area contributed by atoms with E-state index >= 15 is 0 Å². The third-order valence-corrected chi connectivity index (χ3v) is 10.3. The molecule has 0 fully saturated rings. The first-order valence-electron chi connectivity index (χ1n) is 10.0. The SMILES string of the molecule is Cc1nc(Cl)c(CN(C)CCO[Si](C)(C)C(C)(C)C)c(OCc2ccccc2)n1. The minimum atomic E-state index is -1.75. The normalized spacial score (nSPS) is 12.4. The first kappa shape index (κ1) is 23.8. The van der Waals surface area contributed by atoms with Gasteiger partial charge >= 0.3 is 0 Å². The van der Waals surface area contributed by atoms with Crippen LogP contribution >= 0.6 is 11.6 Å². The van der Waals surface area contributed by atoms with Crippen LogP contribution < -0.4 is 4.74 Å². The monoisotopic (exact) mass is 435 g/mol. The fraction of sp³-hybridized carbons (Fsp3) is 0.545. The molecule has 0 unspecified atom stereocenters. The highest BCUT2D eigenvalue weighted by molar-refractivity contribution is 6.74. The summed E-state index contributed by atoms with van der Waals surface area (Å²) in [7, 11) is 0.302. The molecule has 0 atom stereocenters. The van der Waals surface area contributed by atoms with Gasteiger partial charge in [0.1, 0.15) is 17.6 Å². The molecule has 1 aromatic carbocycles. The third kappa shape index (κ3) is 7.06. The molecule has 0 saturated heterocycles. The molecule has 2 aromatic rings. The molecular weight excluding hydrogens is 402 g/mol. The van der Waals surface area contributed by atoms with Crippen molar-refractivity contribution in [3.8, 4) is 5.88 Å². The van der Waals surface area contributed by atoms with Gasteiger partial charge in [-0.3, -0.25) is 4.90 Å². The Labute approximate surface area is 181 Å². The second kappa shape index (κ2) is 10.0. The van der Waals surface area contributed by atoms with Gasteiger partial charge in [0.05, 0.1) is 5.56 Å². The van der Waals surface area contributed by atoms with E-state index in [0.717, 1.165) is 17.7 Å². The van der Waals surface area contributed by atoms with Gasteiger partial charge in [0.25, 0.3) is 0 Å². The van der Waals surface area contributed by atoms with Gasteiger partial charge < -0.3 is 9.16 Å². The van der Waals surface area contributed by atoms with E-state index < -0.39 is 8.32 Å². The van der Waals surface area contributed by atoms with Crippen molar-refractivity contribution in [1.82, 2.24) is 14.9 Å². The van der Waals surface area contributed by atoms with E-state index in [0.29, 0.717) is 36.6 Å². The fourth-order valence-corrected chi connectivity index (χ4v) is 3.84. The van der Waals surface area contributed by atoms with Gasteiger partial charge in [-0.1, -0.05) is 62.7 Å². The Kier molecular flexibility index (Phi) is 8.23. The van der Waals surface area contributed by atoms with Gasteiger partial charge in [-0.05, 0) is 37.7 Å². The Morgan fingerprint density at radius 2 is 1.76 bits per heavy atom. The van der Waals surface area contributed by atoms with E-state index in [1.54, 1.807) is 0 Å². The molecule has 2 rings (SSSR count). The van der Waals surface area contributed by atoms with Crippen LogP contribution in [-0.2, 0) is 17.6 Å². The molecule has 1 aromatic heterocycles. The van der Waals surface area contributed by atoms with Crippen LogP contribution in [0.5, 0.6) is 5.88 Å². The summed E-state index contributed by atoms with van der Waals surface area (Å²) >= 11 is 6.44. The molecule has 0 aliphatic heterocycles. The van der Waals surface area contributed by atoms with Gasteiger partial charge in [-0.25, -0.2) is 4.98 Å². The Bertz CT molecular complexity index is 795. The van der Waals surface area contributed by atoms with Crippen molar-refractivity contribution in [2.45, 2.75) is 59.0 Å². The number of hydrogen-bond donors (Lipinski definition) is 0. The number of benzene rings is 1. The quantitative estimate of drug-likeness (QED) is 0.386. The minimum absolute atomic E-state index is 0.206. The predicted molar refractivity (Wildman–Crippen MR) is 122 cm³/mol. The Hall–Kier alpha value is -1.47. The van der Waals surface area contributed by atoms with Gasteiger partial charge in [0, 0.05) is 19.7 Å². The third-order valence-electron chi connectivity index (χ3n) is 5.42. The number of likely N-dealkylation sites (N-methyl/N-ethyl adjacent to an activating group) is 1. The lowest BCUT2D eigenvalue weighted by molar-refractivity contribution is 0.214. The lowest BCUT2D eigenvalue weighted by Crippen LogP contribution is -2.42. The van der Waals surface area contributed by atoms with Gasteiger partial charge in [0.2, 0.25) is 5.88 Å². The van der Waals surface area contributed by atoms with E-state index in [2.05, 4.69) is 48.7 Å². The summed E-state index contributed by atoms with van der Waals surface area (Å²) in [5.74, 6) is 1.15. The highest BCUT2D eigenvalue weighted by Gasteiger charge is 2.36. The largest absolute Gasteiger partial charge is 0.472 e. The molecule has 0 aliphatic rings. The molecule has 1 heterocycles. The van der Waals surface area contributed by atoms with Crippen molar-refractivity contribution in [1.29, 1.82) is 0 Å². The van der Waals surface area contributed by atoms with Crippen LogP contribution in [0.15, 0.2) is 30.3 Å². The molecule has 0 saturated carbocycles. The highest BCUT2D eigenvalue weighted by Crippen LogP contribution is 2.36. The van der Waals surface area contributed by atoms with E-state index in [-0.39, 0.29) is 5.04 Å². The molecule has 0 N–H and O–H groups in total. The summed E-state index contributed by atoms with van der Waals surface area (Å²) in [5, 5.41) is 0.649. The molecule has 0 aliphatic carbocycles. The first-order valence-corrected chi connectivity index (χ1v) is 13.3. The number of aromatic nitrogens is 2. The van der Waals surface area contributed by atoms with Crippen molar-refractivity contribution in [2.24, 2.45) is 0 Å². The van der Waals surface area contributed by atoms with E-state index in [9.17, 15) is 0 Å². The molecule has 0 amide bonds. The minimum Gasteiger partial charge on any atom is -0.472 e. The lowest BCUT2D eigenvalue weighted by atomic mass is 10.2. The number of hydrogen-bond acceptors (Lipinski definition) is 5. The number of halogens is 1. The van der Waals surface area contributed by atoms with Gasteiger partial charge in [-0.2, -0.15) is 4.98 Å². The van der Waals surface area contributed by atoms with Crippen LogP contribution in [0, 0.1) is 6.92 Å². The molecule has 7 heteroatoms. The summed E-state index contributed by atoms with van der Waals surface area (Å²) < 4.78 is 12.3. The highest BCUT2D eigenvalue weighted by atomic mass is 35.5. The number of nitrogens with zero attached hydrogens (tertiary/aromatic N) is 3. The average Bonchev–Trinajstić information content (AvgIpc) is 2.62. The van der Waals surface area contributed by atoms with Crippen molar-refractivity contribution in [2.75, 3.05) is 20.2 Å².